The SMILES string of the molecule is CN/C=C(\C=N)c1cc(Oc2ccc(-c3cnc(N(CCC(=O)OC)C4CCC4)nc3OC)nc2C)ccn1. The summed E-state index contributed by atoms with van der Waals surface area (Å²) < 4.78 is 16.5. The summed E-state index contributed by atoms with van der Waals surface area (Å²) in [6.45, 7) is 2.34. The highest BCUT2D eigenvalue weighted by Gasteiger charge is 2.28. The van der Waals surface area contributed by atoms with Gasteiger partial charge in [0.1, 0.15) is 11.5 Å². The zero-order valence-corrected chi connectivity index (χ0v) is 22.6. The number of carbonyl (C=O) groups is 1. The zero-order valence-electron chi connectivity index (χ0n) is 22.6. The molecule has 11 nitrogen and oxygen atoms in total. The summed E-state index contributed by atoms with van der Waals surface area (Å²) in [6, 6.07) is 7.48. The predicted octanol–water partition coefficient (Wildman–Crippen LogP) is 4.17. The molecule has 0 atom stereocenters. The minimum atomic E-state index is -0.266. The first-order valence-electron chi connectivity index (χ1n) is 12.7. The van der Waals surface area contributed by atoms with Crippen LogP contribution in [0.3, 0.4) is 0 Å². The van der Waals surface area contributed by atoms with E-state index in [-0.39, 0.29) is 12.4 Å². The molecule has 11 heteroatoms. The van der Waals surface area contributed by atoms with Gasteiger partial charge in [-0.2, -0.15) is 4.98 Å². The lowest BCUT2D eigenvalue weighted by molar-refractivity contribution is -0.140. The van der Waals surface area contributed by atoms with E-state index in [1.54, 1.807) is 44.9 Å². The number of nitrogens with one attached hydrogen (secondary N) is 2. The number of esters is 1. The Balaban J connectivity index is 1.56. The number of ether oxygens (including phenoxy) is 3. The fraction of sp³-hybridized carbons (Fsp3) is 0.357. The Labute approximate surface area is 227 Å². The van der Waals surface area contributed by atoms with Gasteiger partial charge in [0.2, 0.25) is 11.8 Å². The van der Waals surface area contributed by atoms with Gasteiger partial charge in [0.15, 0.2) is 0 Å². The van der Waals surface area contributed by atoms with Crippen molar-refractivity contribution < 1.29 is 19.0 Å². The Morgan fingerprint density at radius 1 is 1.21 bits per heavy atom. The third kappa shape index (κ3) is 6.49. The van der Waals surface area contributed by atoms with E-state index in [1.807, 2.05) is 19.1 Å². The maximum atomic E-state index is 11.8. The van der Waals surface area contributed by atoms with Gasteiger partial charge < -0.3 is 29.8 Å². The van der Waals surface area contributed by atoms with Gasteiger partial charge in [-0.25, -0.2) is 9.97 Å². The van der Waals surface area contributed by atoms with Crippen molar-refractivity contribution in [3.63, 3.8) is 0 Å². The molecule has 1 aliphatic rings. The molecule has 0 saturated heterocycles. The van der Waals surface area contributed by atoms with Crippen LogP contribution in [-0.2, 0) is 9.53 Å². The van der Waals surface area contributed by atoms with E-state index in [4.69, 9.17) is 24.6 Å². The van der Waals surface area contributed by atoms with Crippen LogP contribution in [0.4, 0.5) is 5.95 Å². The fourth-order valence-corrected chi connectivity index (χ4v) is 4.20. The molecule has 0 bridgehead atoms. The first-order valence-corrected chi connectivity index (χ1v) is 12.7. The highest BCUT2D eigenvalue weighted by Crippen LogP contribution is 2.34. The number of allylic oxidation sites excluding steroid dienone is 1. The van der Waals surface area contributed by atoms with Crippen LogP contribution in [0.1, 0.15) is 37.1 Å². The summed E-state index contributed by atoms with van der Waals surface area (Å²) in [4.78, 5) is 32.1. The summed E-state index contributed by atoms with van der Waals surface area (Å²) in [5.41, 5.74) is 3.21. The second-order valence-electron chi connectivity index (χ2n) is 8.99. The maximum absolute atomic E-state index is 11.8. The Bertz CT molecular complexity index is 1360. The second-order valence-corrected chi connectivity index (χ2v) is 8.99. The lowest BCUT2D eigenvalue weighted by atomic mass is 9.91. The van der Waals surface area contributed by atoms with E-state index in [1.165, 1.54) is 13.3 Å². The van der Waals surface area contributed by atoms with Crippen LogP contribution in [-0.4, -0.2) is 66.0 Å². The molecule has 1 aliphatic carbocycles. The van der Waals surface area contributed by atoms with Crippen molar-refractivity contribution in [1.29, 1.82) is 5.41 Å². The Kier molecular flexibility index (Phi) is 9.03. The molecule has 39 heavy (non-hydrogen) atoms. The third-order valence-electron chi connectivity index (χ3n) is 6.51. The Morgan fingerprint density at radius 2 is 2.03 bits per heavy atom. The maximum Gasteiger partial charge on any atom is 0.307 e. The van der Waals surface area contributed by atoms with E-state index in [0.717, 1.165) is 19.3 Å². The molecule has 0 spiro atoms. The number of rotatable bonds is 12. The number of pyridine rings is 2. The van der Waals surface area contributed by atoms with Gasteiger partial charge in [0.25, 0.3) is 0 Å². The van der Waals surface area contributed by atoms with Crippen LogP contribution < -0.4 is 19.7 Å². The highest BCUT2D eigenvalue weighted by atomic mass is 16.5. The Hall–Kier alpha value is -4.54. The van der Waals surface area contributed by atoms with Crippen molar-refractivity contribution in [1.82, 2.24) is 25.3 Å². The Morgan fingerprint density at radius 3 is 2.67 bits per heavy atom. The zero-order chi connectivity index (χ0) is 27.8. The van der Waals surface area contributed by atoms with Gasteiger partial charge in [-0.1, -0.05) is 0 Å². The highest BCUT2D eigenvalue weighted by molar-refractivity contribution is 6.07. The summed E-state index contributed by atoms with van der Waals surface area (Å²) in [5, 5.41) is 10.5. The van der Waals surface area contributed by atoms with Crippen LogP contribution in [0.5, 0.6) is 17.4 Å². The van der Waals surface area contributed by atoms with Crippen molar-refractivity contribution in [3.05, 3.63) is 54.2 Å². The number of hydrogen-bond acceptors (Lipinski definition) is 11. The summed E-state index contributed by atoms with van der Waals surface area (Å²) in [7, 11) is 4.72. The minimum absolute atomic E-state index is 0.260. The largest absolute Gasteiger partial charge is 0.480 e. The number of aryl methyl sites for hydroxylation is 1. The molecule has 3 aromatic rings. The third-order valence-corrected chi connectivity index (χ3v) is 6.51. The summed E-state index contributed by atoms with van der Waals surface area (Å²) in [6.07, 6.45) is 9.74. The van der Waals surface area contributed by atoms with E-state index in [9.17, 15) is 4.79 Å². The van der Waals surface area contributed by atoms with E-state index in [2.05, 4.69) is 25.2 Å². The van der Waals surface area contributed by atoms with Crippen LogP contribution in [0.15, 0.2) is 42.9 Å². The molecule has 204 valence electrons. The molecule has 0 aromatic carbocycles. The number of carbonyl (C=O) groups excluding carboxylic acids is 1. The van der Waals surface area contributed by atoms with Gasteiger partial charge in [0, 0.05) is 56.1 Å². The molecular weight excluding hydrogens is 498 g/mol. The molecule has 3 aromatic heterocycles. The molecule has 0 aliphatic heterocycles. The number of hydrogen-bond donors (Lipinski definition) is 2. The van der Waals surface area contributed by atoms with E-state index >= 15 is 0 Å². The van der Waals surface area contributed by atoms with E-state index < -0.39 is 0 Å². The molecule has 0 unspecified atom stereocenters. The standard InChI is InChI=1S/C28H33N7O4/c1-18-25(39-21-10-12-31-24(14-21)19(15-29)16-30-2)9-8-23(33-18)22-17-32-28(34-27(22)38-4)35(20-6-5-7-20)13-11-26(36)37-3/h8-10,12,14-17,20,29-30H,5-7,11,13H2,1-4H3/b19-16+,29-15?. The van der Waals surface area contributed by atoms with Crippen molar-refractivity contribution >= 4 is 23.7 Å². The molecule has 0 amide bonds. The summed E-state index contributed by atoms with van der Waals surface area (Å²) >= 11 is 0. The monoisotopic (exact) mass is 531 g/mol. The van der Waals surface area contributed by atoms with Crippen molar-refractivity contribution in [3.8, 4) is 28.6 Å². The molecule has 2 N–H and O–H groups in total. The molecule has 0 radical (unpaired) electrons. The van der Waals surface area contributed by atoms with Crippen LogP contribution in [0.25, 0.3) is 16.8 Å². The predicted molar refractivity (Wildman–Crippen MR) is 148 cm³/mol. The molecule has 1 saturated carbocycles. The quantitative estimate of drug-likeness (QED) is 0.259. The molecule has 4 rings (SSSR count). The number of nitrogens with zero attached hydrogens (tertiary/aromatic N) is 5. The van der Waals surface area contributed by atoms with Gasteiger partial charge in [-0.15, -0.1) is 0 Å². The topological polar surface area (TPSA) is 135 Å². The van der Waals surface area contributed by atoms with Gasteiger partial charge in [0.05, 0.1) is 43.3 Å². The van der Waals surface area contributed by atoms with Crippen molar-refractivity contribution in [2.75, 3.05) is 32.7 Å². The van der Waals surface area contributed by atoms with Crippen molar-refractivity contribution in [2.45, 2.75) is 38.6 Å². The van der Waals surface area contributed by atoms with Gasteiger partial charge in [-0.3, -0.25) is 9.78 Å². The number of methoxy groups -OCH3 is 2. The smallest absolute Gasteiger partial charge is 0.307 e. The molecule has 3 heterocycles. The first-order chi connectivity index (χ1) is 19.0. The van der Waals surface area contributed by atoms with Crippen LogP contribution in [0, 0.1) is 12.3 Å². The molecule has 1 fully saturated rings. The van der Waals surface area contributed by atoms with E-state index in [0.29, 0.717) is 64.1 Å². The normalized spacial score (nSPS) is 13.3. The lowest BCUT2D eigenvalue weighted by Gasteiger charge is -2.37. The second kappa shape index (κ2) is 12.8. The first kappa shape index (κ1) is 27.5. The number of anilines is 1. The van der Waals surface area contributed by atoms with Crippen molar-refractivity contribution in [2.24, 2.45) is 0 Å². The van der Waals surface area contributed by atoms with Crippen LogP contribution in [0.2, 0.25) is 0 Å². The fourth-order valence-electron chi connectivity index (χ4n) is 4.20. The van der Waals surface area contributed by atoms with Crippen LogP contribution >= 0.6 is 0 Å². The average Bonchev–Trinajstić information content (AvgIpc) is 2.93. The molecular formula is C28H33N7O4. The van der Waals surface area contributed by atoms with Gasteiger partial charge in [-0.05, 0) is 44.4 Å². The number of aromatic nitrogens is 4. The summed E-state index contributed by atoms with van der Waals surface area (Å²) in [5.74, 6) is 1.82. The average molecular weight is 532 g/mol. The lowest BCUT2D eigenvalue weighted by Crippen LogP contribution is -2.42. The van der Waals surface area contributed by atoms with Gasteiger partial charge >= 0.3 is 5.97 Å². The minimum Gasteiger partial charge on any atom is -0.480 e.